The fraction of sp³-hybridized carbons (Fsp3) is 1.00. The molecule has 0 aromatic rings. The summed E-state index contributed by atoms with van der Waals surface area (Å²) in [5, 5.41) is 0. The summed E-state index contributed by atoms with van der Waals surface area (Å²) in [7, 11) is 0. The van der Waals surface area contributed by atoms with E-state index in [1.165, 1.54) is 0 Å². The highest BCUT2D eigenvalue weighted by atomic mass is 127. The molecule has 0 radical (unpaired) electrons. The molecule has 0 bridgehead atoms. The summed E-state index contributed by atoms with van der Waals surface area (Å²) in [4.78, 5) is 0. The fourth-order valence-corrected chi connectivity index (χ4v) is 0.936. The molecule has 1 aliphatic rings. The minimum atomic E-state index is -0.929. The Morgan fingerprint density at radius 1 is 1.71 bits per heavy atom. The topological polar surface area (TPSA) is 9.23 Å². The average molecular weight is 216 g/mol. The Hall–Kier alpha value is 0.620. The molecule has 1 aliphatic carbocycles. The van der Waals surface area contributed by atoms with Crippen molar-refractivity contribution in [3.05, 3.63) is 0 Å². The molecule has 0 atom stereocenters. The summed E-state index contributed by atoms with van der Waals surface area (Å²) in [6, 6.07) is 0. The summed E-state index contributed by atoms with van der Waals surface area (Å²) >= 11 is 1.71. The van der Waals surface area contributed by atoms with Gasteiger partial charge in [-0.25, -0.2) is 4.39 Å². The van der Waals surface area contributed by atoms with E-state index in [0.29, 0.717) is 12.8 Å². The molecule has 1 fully saturated rings. The van der Waals surface area contributed by atoms with Crippen molar-refractivity contribution in [3.63, 3.8) is 0 Å². The van der Waals surface area contributed by atoms with Crippen molar-refractivity contribution in [1.82, 2.24) is 0 Å². The maximum atomic E-state index is 12.4. The van der Waals surface area contributed by atoms with Crippen LogP contribution in [-0.4, -0.2) is 12.3 Å². The molecule has 1 rings (SSSR count). The lowest BCUT2D eigenvalue weighted by Crippen LogP contribution is -2.05. The Bertz CT molecular complexity index is 72.1. The first-order valence-electron chi connectivity index (χ1n) is 2.19. The molecular formula is C4H6FIO. The summed E-state index contributed by atoms with van der Waals surface area (Å²) in [5.74, 6) is 0. The van der Waals surface area contributed by atoms with Crippen LogP contribution in [0, 0.1) is 0 Å². The van der Waals surface area contributed by atoms with Gasteiger partial charge in [0.2, 0.25) is 0 Å². The van der Waals surface area contributed by atoms with Gasteiger partial charge in [0.05, 0.1) is 6.61 Å². The van der Waals surface area contributed by atoms with Gasteiger partial charge in [0.25, 0.3) is 0 Å². The molecule has 1 nitrogen and oxygen atoms in total. The van der Waals surface area contributed by atoms with Crippen molar-refractivity contribution in [1.29, 1.82) is 0 Å². The van der Waals surface area contributed by atoms with E-state index in [1.54, 1.807) is 23.0 Å². The van der Waals surface area contributed by atoms with Crippen LogP contribution in [0.1, 0.15) is 12.8 Å². The minimum absolute atomic E-state index is 0.271. The Labute approximate surface area is 55.9 Å². The number of halogens is 2. The highest BCUT2D eigenvalue weighted by Gasteiger charge is 2.43. The van der Waals surface area contributed by atoms with Crippen LogP contribution >= 0.6 is 23.0 Å². The van der Waals surface area contributed by atoms with Crippen molar-refractivity contribution < 1.29 is 7.46 Å². The zero-order valence-corrected chi connectivity index (χ0v) is 5.94. The summed E-state index contributed by atoms with van der Waals surface area (Å²) in [6.07, 6.45) is 1.38. The van der Waals surface area contributed by atoms with Crippen LogP contribution < -0.4 is 0 Å². The Balaban J connectivity index is 2.13. The Morgan fingerprint density at radius 3 is 2.43 bits per heavy atom. The third kappa shape index (κ3) is 1.53. The van der Waals surface area contributed by atoms with Gasteiger partial charge >= 0.3 is 0 Å². The van der Waals surface area contributed by atoms with E-state index in [1.807, 2.05) is 0 Å². The third-order valence-electron chi connectivity index (χ3n) is 1.11. The average Bonchev–Trinajstić information content (AvgIpc) is 2.22. The molecule has 0 aromatic carbocycles. The first-order valence-corrected chi connectivity index (χ1v) is 3.07. The number of rotatable bonds is 2. The normalized spacial score (nSPS) is 24.9. The molecule has 0 N–H and O–H groups in total. The number of alkyl halides is 1. The lowest BCUT2D eigenvalue weighted by atomic mass is 10.4. The summed E-state index contributed by atoms with van der Waals surface area (Å²) in [6.45, 7) is 0.271. The van der Waals surface area contributed by atoms with Gasteiger partial charge in [-0.2, -0.15) is 0 Å². The van der Waals surface area contributed by atoms with Crippen LogP contribution in [0.2, 0.25) is 0 Å². The molecule has 0 saturated heterocycles. The maximum Gasteiger partial charge on any atom is 0.135 e. The van der Waals surface area contributed by atoms with Gasteiger partial charge in [0, 0.05) is 0 Å². The smallest absolute Gasteiger partial charge is 0.135 e. The second-order valence-corrected chi connectivity index (χ2v) is 2.53. The van der Waals surface area contributed by atoms with Gasteiger partial charge in [-0.05, 0) is 12.8 Å². The molecule has 0 aromatic heterocycles. The van der Waals surface area contributed by atoms with E-state index in [-0.39, 0.29) is 6.61 Å². The molecule has 3 heteroatoms. The van der Waals surface area contributed by atoms with E-state index >= 15 is 0 Å². The van der Waals surface area contributed by atoms with Crippen LogP contribution in [0.3, 0.4) is 0 Å². The third-order valence-corrected chi connectivity index (χ3v) is 1.42. The molecule has 0 spiro atoms. The Morgan fingerprint density at radius 2 is 2.29 bits per heavy atom. The largest absolute Gasteiger partial charge is 0.312 e. The second-order valence-electron chi connectivity index (χ2n) is 1.90. The predicted octanol–water partition coefficient (Wildman–Crippen LogP) is 1.86. The molecule has 7 heavy (non-hydrogen) atoms. The monoisotopic (exact) mass is 216 g/mol. The van der Waals surface area contributed by atoms with Crippen LogP contribution in [0.15, 0.2) is 0 Å². The zero-order chi connectivity index (χ0) is 5.33. The van der Waals surface area contributed by atoms with Gasteiger partial charge in [0.15, 0.2) is 0 Å². The highest BCUT2D eigenvalue weighted by molar-refractivity contribution is 14.1. The molecule has 0 amide bonds. The first kappa shape index (κ1) is 5.75. The van der Waals surface area contributed by atoms with Crippen molar-refractivity contribution in [2.24, 2.45) is 0 Å². The first-order chi connectivity index (χ1) is 3.27. The van der Waals surface area contributed by atoms with Crippen molar-refractivity contribution in [2.75, 3.05) is 6.61 Å². The van der Waals surface area contributed by atoms with E-state index in [2.05, 4.69) is 3.07 Å². The van der Waals surface area contributed by atoms with Crippen LogP contribution in [0.25, 0.3) is 0 Å². The van der Waals surface area contributed by atoms with E-state index in [4.69, 9.17) is 0 Å². The molecule has 1 saturated carbocycles. The molecule has 0 unspecified atom stereocenters. The lowest BCUT2D eigenvalue weighted by Gasteiger charge is -1.96. The van der Waals surface area contributed by atoms with Crippen LogP contribution in [-0.2, 0) is 3.07 Å². The number of hydrogen-bond acceptors (Lipinski definition) is 1. The summed E-state index contributed by atoms with van der Waals surface area (Å²) in [5.41, 5.74) is -0.929. The predicted molar refractivity (Wildman–Crippen MR) is 33.0 cm³/mol. The minimum Gasteiger partial charge on any atom is -0.312 e. The number of hydrogen-bond donors (Lipinski definition) is 0. The maximum absolute atomic E-state index is 12.4. The highest BCUT2D eigenvalue weighted by Crippen LogP contribution is 2.40. The summed E-state index contributed by atoms with van der Waals surface area (Å²) < 4.78 is 16.9. The van der Waals surface area contributed by atoms with Gasteiger partial charge in [-0.15, -0.1) is 0 Å². The van der Waals surface area contributed by atoms with Crippen molar-refractivity contribution in [2.45, 2.75) is 18.5 Å². The van der Waals surface area contributed by atoms with Gasteiger partial charge in [-0.3, -0.25) is 0 Å². The molecular weight excluding hydrogens is 210 g/mol. The van der Waals surface area contributed by atoms with E-state index < -0.39 is 5.67 Å². The van der Waals surface area contributed by atoms with Crippen LogP contribution in [0.4, 0.5) is 4.39 Å². The van der Waals surface area contributed by atoms with Crippen LogP contribution in [0.5, 0.6) is 0 Å². The lowest BCUT2D eigenvalue weighted by molar-refractivity contribution is 0.218. The second kappa shape index (κ2) is 1.85. The molecule has 42 valence electrons. The molecule has 0 heterocycles. The quantitative estimate of drug-likeness (QED) is 0.640. The van der Waals surface area contributed by atoms with Gasteiger partial charge in [-0.1, -0.05) is 0 Å². The standard InChI is InChI=1S/C4H6FIO/c5-4(1-2-4)3-7-6/h1-3H2. The van der Waals surface area contributed by atoms with Gasteiger partial charge < -0.3 is 3.07 Å². The Kier molecular flexibility index (Phi) is 1.52. The zero-order valence-electron chi connectivity index (χ0n) is 3.79. The SMILES string of the molecule is FC1(COI)CC1. The van der Waals surface area contributed by atoms with Crippen molar-refractivity contribution in [3.8, 4) is 0 Å². The van der Waals surface area contributed by atoms with E-state index in [9.17, 15) is 4.39 Å². The van der Waals surface area contributed by atoms with E-state index in [0.717, 1.165) is 0 Å². The fourth-order valence-electron chi connectivity index (χ4n) is 0.378. The molecule has 0 aliphatic heterocycles. The van der Waals surface area contributed by atoms with Gasteiger partial charge in [0.1, 0.15) is 28.7 Å². The van der Waals surface area contributed by atoms with Crippen molar-refractivity contribution >= 4 is 23.0 Å².